The third-order valence-corrected chi connectivity index (χ3v) is 5.74. The number of piperazine rings is 1. The Kier molecular flexibility index (Phi) is 5.15. The lowest BCUT2D eigenvalue weighted by molar-refractivity contribution is 0.196. The maximum atomic E-state index is 12.8. The highest BCUT2D eigenvalue weighted by molar-refractivity contribution is 7.89. The highest BCUT2D eigenvalue weighted by Gasteiger charge is 2.29. The van der Waals surface area contributed by atoms with Crippen LogP contribution < -0.4 is 5.32 Å². The van der Waals surface area contributed by atoms with Gasteiger partial charge in [0.2, 0.25) is 10.0 Å². The Labute approximate surface area is 121 Å². The van der Waals surface area contributed by atoms with Crippen LogP contribution in [-0.2, 0) is 16.6 Å². The second kappa shape index (κ2) is 6.67. The summed E-state index contributed by atoms with van der Waals surface area (Å²) in [6.45, 7) is 6.41. The molecule has 1 saturated heterocycles. The number of nitrogens with one attached hydrogen (secondary N) is 1. The van der Waals surface area contributed by atoms with Gasteiger partial charge in [-0.05, 0) is 25.2 Å². The van der Waals surface area contributed by atoms with Gasteiger partial charge in [-0.25, -0.2) is 8.42 Å². The number of benzene rings is 1. The average molecular weight is 297 g/mol. The number of likely N-dealkylation sites (N-methyl/N-ethyl adjacent to an activating group) is 1. The van der Waals surface area contributed by atoms with Crippen LogP contribution >= 0.6 is 0 Å². The van der Waals surface area contributed by atoms with E-state index in [0.717, 1.165) is 25.2 Å². The van der Waals surface area contributed by atoms with E-state index in [0.29, 0.717) is 24.5 Å². The summed E-state index contributed by atoms with van der Waals surface area (Å²) in [4.78, 5) is 2.70. The number of nitrogens with zero attached hydrogens (tertiary/aromatic N) is 2. The predicted molar refractivity (Wildman–Crippen MR) is 80.1 cm³/mol. The summed E-state index contributed by atoms with van der Waals surface area (Å²) in [7, 11) is -1.56. The van der Waals surface area contributed by atoms with Crippen molar-refractivity contribution in [3.05, 3.63) is 29.8 Å². The SMILES string of the molecule is CCN1CCN(S(=O)(=O)c2ccccc2CNC)CC1. The molecule has 1 heterocycles. The Morgan fingerprint density at radius 3 is 2.40 bits per heavy atom. The summed E-state index contributed by atoms with van der Waals surface area (Å²) in [5, 5.41) is 3.02. The van der Waals surface area contributed by atoms with Crippen LogP contribution in [0.3, 0.4) is 0 Å². The van der Waals surface area contributed by atoms with Crippen molar-refractivity contribution in [2.75, 3.05) is 39.8 Å². The number of rotatable bonds is 5. The zero-order chi connectivity index (χ0) is 14.6. The van der Waals surface area contributed by atoms with Gasteiger partial charge >= 0.3 is 0 Å². The second-order valence-corrected chi connectivity index (χ2v) is 6.88. The van der Waals surface area contributed by atoms with Gasteiger partial charge in [0.1, 0.15) is 0 Å². The molecule has 0 atom stereocenters. The third-order valence-electron chi connectivity index (χ3n) is 3.74. The van der Waals surface area contributed by atoms with Gasteiger partial charge in [-0.15, -0.1) is 0 Å². The first kappa shape index (κ1) is 15.4. The van der Waals surface area contributed by atoms with Crippen LogP contribution in [0.4, 0.5) is 0 Å². The zero-order valence-electron chi connectivity index (χ0n) is 12.2. The normalized spacial score (nSPS) is 18.3. The van der Waals surface area contributed by atoms with Crippen molar-refractivity contribution in [2.24, 2.45) is 0 Å². The second-order valence-electron chi connectivity index (χ2n) is 4.98. The molecular formula is C14H23N3O2S. The molecular weight excluding hydrogens is 274 g/mol. The van der Waals surface area contributed by atoms with Gasteiger partial charge in [-0.1, -0.05) is 25.1 Å². The topological polar surface area (TPSA) is 52.7 Å². The smallest absolute Gasteiger partial charge is 0.243 e. The van der Waals surface area contributed by atoms with Crippen LogP contribution in [0.15, 0.2) is 29.2 Å². The zero-order valence-corrected chi connectivity index (χ0v) is 13.0. The van der Waals surface area contributed by atoms with Gasteiger partial charge in [0.15, 0.2) is 0 Å². The van der Waals surface area contributed by atoms with Crippen LogP contribution in [-0.4, -0.2) is 57.4 Å². The summed E-state index contributed by atoms with van der Waals surface area (Å²) < 4.78 is 27.1. The molecule has 1 aliphatic heterocycles. The molecule has 5 nitrogen and oxygen atoms in total. The molecule has 112 valence electrons. The standard InChI is InChI=1S/C14H23N3O2S/c1-3-16-8-10-17(11-9-16)20(18,19)14-7-5-4-6-13(14)12-15-2/h4-7,15H,3,8-12H2,1-2H3. The lowest BCUT2D eigenvalue weighted by atomic mass is 10.2. The largest absolute Gasteiger partial charge is 0.316 e. The summed E-state index contributed by atoms with van der Waals surface area (Å²) in [5.74, 6) is 0. The molecule has 0 saturated carbocycles. The molecule has 0 unspecified atom stereocenters. The minimum Gasteiger partial charge on any atom is -0.316 e. The molecule has 1 N–H and O–H groups in total. The Hall–Kier alpha value is -0.950. The molecule has 2 rings (SSSR count). The van der Waals surface area contributed by atoms with Crippen molar-refractivity contribution in [2.45, 2.75) is 18.4 Å². The predicted octanol–water partition coefficient (Wildman–Crippen LogP) is 0.732. The highest BCUT2D eigenvalue weighted by Crippen LogP contribution is 2.21. The van der Waals surface area contributed by atoms with Gasteiger partial charge in [0, 0.05) is 32.7 Å². The van der Waals surface area contributed by atoms with Crippen molar-refractivity contribution in [3.63, 3.8) is 0 Å². The molecule has 1 aromatic rings. The van der Waals surface area contributed by atoms with Gasteiger partial charge in [-0.2, -0.15) is 4.31 Å². The monoisotopic (exact) mass is 297 g/mol. The number of sulfonamides is 1. The first-order chi connectivity index (χ1) is 9.59. The molecule has 20 heavy (non-hydrogen) atoms. The first-order valence-corrected chi connectivity index (χ1v) is 8.48. The molecule has 0 aromatic heterocycles. The van der Waals surface area contributed by atoms with Crippen molar-refractivity contribution in [1.82, 2.24) is 14.5 Å². The summed E-state index contributed by atoms with van der Waals surface area (Å²) >= 11 is 0. The van der Waals surface area contributed by atoms with E-state index in [1.54, 1.807) is 16.4 Å². The molecule has 0 radical (unpaired) electrons. The van der Waals surface area contributed by atoms with E-state index in [1.807, 2.05) is 19.2 Å². The van der Waals surface area contributed by atoms with Crippen molar-refractivity contribution in [3.8, 4) is 0 Å². The number of hydrogen-bond donors (Lipinski definition) is 1. The van der Waals surface area contributed by atoms with Crippen LogP contribution in [0.25, 0.3) is 0 Å². The van der Waals surface area contributed by atoms with E-state index >= 15 is 0 Å². The summed E-state index contributed by atoms with van der Waals surface area (Å²) in [5.41, 5.74) is 0.827. The van der Waals surface area contributed by atoms with E-state index in [1.165, 1.54) is 0 Å². The molecule has 1 aromatic carbocycles. The van der Waals surface area contributed by atoms with Crippen LogP contribution in [0.2, 0.25) is 0 Å². The summed E-state index contributed by atoms with van der Waals surface area (Å²) in [6, 6.07) is 7.23. The van der Waals surface area contributed by atoms with Gasteiger partial charge in [0.25, 0.3) is 0 Å². The molecule has 0 spiro atoms. The average Bonchev–Trinajstić information content (AvgIpc) is 2.48. The Morgan fingerprint density at radius 1 is 1.15 bits per heavy atom. The Bertz CT molecular complexity index is 537. The lowest BCUT2D eigenvalue weighted by Crippen LogP contribution is -2.48. The first-order valence-electron chi connectivity index (χ1n) is 7.04. The Balaban J connectivity index is 2.23. The fraction of sp³-hybridized carbons (Fsp3) is 0.571. The van der Waals surface area contributed by atoms with E-state index in [4.69, 9.17) is 0 Å². The van der Waals surface area contributed by atoms with E-state index in [-0.39, 0.29) is 0 Å². The van der Waals surface area contributed by atoms with Crippen molar-refractivity contribution in [1.29, 1.82) is 0 Å². The fourth-order valence-corrected chi connectivity index (χ4v) is 4.16. The minimum absolute atomic E-state index is 0.430. The third kappa shape index (κ3) is 3.20. The van der Waals surface area contributed by atoms with E-state index in [2.05, 4.69) is 17.1 Å². The lowest BCUT2D eigenvalue weighted by Gasteiger charge is -2.33. The maximum Gasteiger partial charge on any atom is 0.243 e. The van der Waals surface area contributed by atoms with Crippen molar-refractivity contribution >= 4 is 10.0 Å². The summed E-state index contributed by atoms with van der Waals surface area (Å²) in [6.07, 6.45) is 0. The molecule has 1 aliphatic rings. The van der Waals surface area contributed by atoms with Gasteiger partial charge < -0.3 is 10.2 Å². The number of hydrogen-bond acceptors (Lipinski definition) is 4. The molecule has 6 heteroatoms. The van der Waals surface area contributed by atoms with E-state index in [9.17, 15) is 8.42 Å². The molecule has 0 bridgehead atoms. The minimum atomic E-state index is -3.38. The molecule has 1 fully saturated rings. The van der Waals surface area contributed by atoms with Crippen LogP contribution in [0, 0.1) is 0 Å². The van der Waals surface area contributed by atoms with Gasteiger partial charge in [0.05, 0.1) is 4.90 Å². The molecule has 0 aliphatic carbocycles. The fourth-order valence-electron chi connectivity index (χ4n) is 2.52. The van der Waals surface area contributed by atoms with E-state index < -0.39 is 10.0 Å². The Morgan fingerprint density at radius 2 is 1.80 bits per heavy atom. The van der Waals surface area contributed by atoms with Crippen LogP contribution in [0.1, 0.15) is 12.5 Å². The maximum absolute atomic E-state index is 12.8. The highest BCUT2D eigenvalue weighted by atomic mass is 32.2. The van der Waals surface area contributed by atoms with Crippen molar-refractivity contribution < 1.29 is 8.42 Å². The van der Waals surface area contributed by atoms with Gasteiger partial charge in [-0.3, -0.25) is 0 Å². The quantitative estimate of drug-likeness (QED) is 0.871. The van der Waals surface area contributed by atoms with Crippen LogP contribution in [0.5, 0.6) is 0 Å². The molecule has 0 amide bonds.